The molecule has 44 heavy (non-hydrogen) atoms. The number of hydrogen-bond donors (Lipinski definition) is 1. The number of phenolic OH excluding ortho intramolecular Hbond substituents is 1. The standard InChI is InChI=1S/C35H31ClN2O6/c1-3-37-31(40)24-14-13-23-25(29(24)33(37)42)18-26-32(41)38(22-11-7-10-21(36)17-22)34(43)35(26,20-8-5-4-6-9-20)30(23)19-12-15-27(39)28(16-19)44-2/h4-13,15-17,24-26,29-30,39H,3,14,18H2,1-2H3/t24-,25+,26-,29-,30-,35+/m0/s1. The van der Waals surface area contributed by atoms with E-state index in [0.717, 1.165) is 5.57 Å². The number of imide groups is 2. The molecular formula is C35H31ClN2O6. The van der Waals surface area contributed by atoms with Crippen LogP contribution in [0, 0.1) is 23.7 Å². The molecule has 2 aliphatic carbocycles. The summed E-state index contributed by atoms with van der Waals surface area (Å²) in [5.74, 6) is -4.11. The highest BCUT2D eigenvalue weighted by atomic mass is 35.5. The van der Waals surface area contributed by atoms with Crippen LogP contribution in [0.3, 0.4) is 0 Å². The third kappa shape index (κ3) is 3.76. The molecule has 6 atom stereocenters. The monoisotopic (exact) mass is 610 g/mol. The Morgan fingerprint density at radius 3 is 2.41 bits per heavy atom. The summed E-state index contributed by atoms with van der Waals surface area (Å²) in [6, 6.07) is 21.0. The third-order valence-corrected chi connectivity index (χ3v) is 10.3. The van der Waals surface area contributed by atoms with Gasteiger partial charge in [-0.2, -0.15) is 0 Å². The molecule has 2 saturated heterocycles. The summed E-state index contributed by atoms with van der Waals surface area (Å²) in [5, 5.41) is 10.9. The maximum absolute atomic E-state index is 15.1. The van der Waals surface area contributed by atoms with Crippen LogP contribution in [-0.2, 0) is 24.6 Å². The summed E-state index contributed by atoms with van der Waals surface area (Å²) in [6.45, 7) is 2.07. The second-order valence-corrected chi connectivity index (χ2v) is 12.4. The Kier molecular flexibility index (Phi) is 6.66. The summed E-state index contributed by atoms with van der Waals surface area (Å²) >= 11 is 6.34. The highest BCUT2D eigenvalue weighted by Crippen LogP contribution is 2.64. The van der Waals surface area contributed by atoms with Crippen LogP contribution in [0.25, 0.3) is 0 Å². The molecule has 2 heterocycles. The van der Waals surface area contributed by atoms with E-state index in [2.05, 4.69) is 0 Å². The second kappa shape index (κ2) is 10.3. The molecule has 0 radical (unpaired) electrons. The fourth-order valence-corrected chi connectivity index (χ4v) is 8.55. The molecule has 0 aromatic heterocycles. The lowest BCUT2D eigenvalue weighted by Crippen LogP contribution is -2.53. The highest BCUT2D eigenvalue weighted by molar-refractivity contribution is 6.32. The van der Waals surface area contributed by atoms with Gasteiger partial charge in [-0.05, 0) is 67.1 Å². The van der Waals surface area contributed by atoms with Crippen molar-refractivity contribution in [2.45, 2.75) is 31.1 Å². The van der Waals surface area contributed by atoms with Crippen LogP contribution >= 0.6 is 11.6 Å². The smallest absolute Gasteiger partial charge is 0.246 e. The van der Waals surface area contributed by atoms with E-state index in [1.807, 2.05) is 36.4 Å². The topological polar surface area (TPSA) is 104 Å². The van der Waals surface area contributed by atoms with Gasteiger partial charge in [-0.1, -0.05) is 65.7 Å². The average Bonchev–Trinajstić information content (AvgIpc) is 3.42. The molecule has 3 fully saturated rings. The van der Waals surface area contributed by atoms with E-state index in [1.54, 1.807) is 43.3 Å². The number of rotatable bonds is 5. The fraction of sp³-hybridized carbons (Fsp3) is 0.314. The number of fused-ring (bicyclic) bond motifs is 4. The molecule has 1 saturated carbocycles. The van der Waals surface area contributed by atoms with Crippen molar-refractivity contribution in [1.29, 1.82) is 0 Å². The van der Waals surface area contributed by atoms with Gasteiger partial charge in [0.05, 0.1) is 36.0 Å². The molecule has 0 spiro atoms. The van der Waals surface area contributed by atoms with Gasteiger partial charge in [0.25, 0.3) is 0 Å². The predicted octanol–water partition coefficient (Wildman–Crippen LogP) is 5.24. The summed E-state index contributed by atoms with van der Waals surface area (Å²) < 4.78 is 5.49. The Hall–Kier alpha value is -4.43. The number of allylic oxidation sites excluding steroid dienone is 2. The minimum absolute atomic E-state index is 0.0591. The fourth-order valence-electron chi connectivity index (χ4n) is 8.37. The number of benzene rings is 3. The van der Waals surface area contributed by atoms with Crippen LogP contribution in [-0.4, -0.2) is 47.3 Å². The lowest BCUT2D eigenvalue weighted by molar-refractivity contribution is -0.140. The van der Waals surface area contributed by atoms with Crippen molar-refractivity contribution in [2.24, 2.45) is 23.7 Å². The quantitative estimate of drug-likeness (QED) is 0.313. The molecule has 4 aliphatic rings. The van der Waals surface area contributed by atoms with Crippen molar-refractivity contribution in [3.63, 3.8) is 0 Å². The van der Waals surface area contributed by atoms with Crippen LogP contribution in [0.1, 0.15) is 36.8 Å². The van der Waals surface area contributed by atoms with E-state index >= 15 is 4.79 Å². The van der Waals surface area contributed by atoms with Crippen molar-refractivity contribution in [3.05, 3.63) is 101 Å². The number of phenols is 1. The van der Waals surface area contributed by atoms with Gasteiger partial charge < -0.3 is 9.84 Å². The average molecular weight is 611 g/mol. The Morgan fingerprint density at radius 1 is 0.932 bits per heavy atom. The first-order valence-corrected chi connectivity index (χ1v) is 15.2. The van der Waals surface area contributed by atoms with E-state index in [4.69, 9.17) is 16.3 Å². The van der Waals surface area contributed by atoms with E-state index in [9.17, 15) is 19.5 Å². The number of amides is 4. The zero-order valence-corrected chi connectivity index (χ0v) is 25.0. The molecule has 224 valence electrons. The van der Waals surface area contributed by atoms with E-state index in [1.165, 1.54) is 23.0 Å². The number of anilines is 1. The van der Waals surface area contributed by atoms with Crippen LogP contribution < -0.4 is 9.64 Å². The third-order valence-electron chi connectivity index (χ3n) is 10.1. The number of nitrogens with zero attached hydrogens (tertiary/aromatic N) is 2. The number of carbonyl (C=O) groups excluding carboxylic acids is 4. The second-order valence-electron chi connectivity index (χ2n) is 11.9. The molecule has 4 amide bonds. The number of halogens is 1. The van der Waals surface area contributed by atoms with Crippen molar-refractivity contribution in [1.82, 2.24) is 4.90 Å². The van der Waals surface area contributed by atoms with Gasteiger partial charge in [-0.3, -0.25) is 24.1 Å². The molecule has 1 N–H and O–H groups in total. The number of ether oxygens (including phenoxy) is 1. The lowest BCUT2D eigenvalue weighted by Gasteiger charge is -2.50. The molecule has 0 unspecified atom stereocenters. The zero-order chi connectivity index (χ0) is 30.9. The van der Waals surface area contributed by atoms with Crippen LogP contribution in [0.5, 0.6) is 11.5 Å². The number of aromatic hydroxyl groups is 1. The van der Waals surface area contributed by atoms with E-state index in [0.29, 0.717) is 28.3 Å². The van der Waals surface area contributed by atoms with Crippen molar-refractivity contribution < 1.29 is 29.0 Å². The van der Waals surface area contributed by atoms with Crippen LogP contribution in [0.2, 0.25) is 5.02 Å². The van der Waals surface area contributed by atoms with Gasteiger partial charge >= 0.3 is 0 Å². The summed E-state index contributed by atoms with van der Waals surface area (Å²) in [6.07, 6.45) is 2.60. The number of hydrogen-bond acceptors (Lipinski definition) is 6. The van der Waals surface area contributed by atoms with Crippen LogP contribution in [0.15, 0.2) is 84.4 Å². The maximum atomic E-state index is 15.1. The molecule has 9 heteroatoms. The van der Waals surface area contributed by atoms with Gasteiger partial charge in [0, 0.05) is 17.5 Å². The Morgan fingerprint density at radius 2 is 1.70 bits per heavy atom. The molecule has 3 aromatic rings. The van der Waals surface area contributed by atoms with Gasteiger partial charge in [0.2, 0.25) is 23.6 Å². The van der Waals surface area contributed by atoms with Crippen molar-refractivity contribution in [2.75, 3.05) is 18.6 Å². The first-order valence-electron chi connectivity index (χ1n) is 14.9. The van der Waals surface area contributed by atoms with Gasteiger partial charge in [-0.15, -0.1) is 0 Å². The Labute approximate surface area is 259 Å². The predicted molar refractivity (Wildman–Crippen MR) is 163 cm³/mol. The zero-order valence-electron chi connectivity index (χ0n) is 24.3. The molecular weight excluding hydrogens is 580 g/mol. The molecule has 7 rings (SSSR count). The lowest BCUT2D eigenvalue weighted by atomic mass is 9.49. The summed E-state index contributed by atoms with van der Waals surface area (Å²) in [5.41, 5.74) is 1.19. The Balaban J connectivity index is 1.52. The van der Waals surface area contributed by atoms with Gasteiger partial charge in [0.1, 0.15) is 0 Å². The molecule has 3 aromatic carbocycles. The van der Waals surface area contributed by atoms with Gasteiger partial charge in [0.15, 0.2) is 11.5 Å². The Bertz CT molecular complexity index is 1750. The normalized spacial score (nSPS) is 29.3. The van der Waals surface area contributed by atoms with Crippen LogP contribution in [0.4, 0.5) is 5.69 Å². The number of methoxy groups -OCH3 is 1. The van der Waals surface area contributed by atoms with Crippen molar-refractivity contribution >= 4 is 40.9 Å². The molecule has 8 nitrogen and oxygen atoms in total. The largest absolute Gasteiger partial charge is 0.504 e. The van der Waals surface area contributed by atoms with E-state index in [-0.39, 0.29) is 48.1 Å². The maximum Gasteiger partial charge on any atom is 0.246 e. The van der Waals surface area contributed by atoms with Crippen molar-refractivity contribution in [3.8, 4) is 11.5 Å². The number of carbonyl (C=O) groups is 4. The summed E-state index contributed by atoms with van der Waals surface area (Å²) in [7, 11) is 1.45. The highest BCUT2D eigenvalue weighted by Gasteiger charge is 2.70. The summed E-state index contributed by atoms with van der Waals surface area (Å²) in [4.78, 5) is 59.4. The molecule has 2 aliphatic heterocycles. The van der Waals surface area contributed by atoms with Gasteiger partial charge in [-0.25, -0.2) is 4.90 Å². The minimum Gasteiger partial charge on any atom is -0.504 e. The van der Waals surface area contributed by atoms with E-state index < -0.39 is 35.0 Å². The molecule has 0 bridgehead atoms. The first kappa shape index (κ1) is 28.3. The first-order chi connectivity index (χ1) is 21.2. The minimum atomic E-state index is -1.38. The number of likely N-dealkylation sites (tertiary alicyclic amines) is 1. The SMILES string of the molecule is CCN1C(=O)[C@H]2[C@H](CC=C3[C@H]2C[C@H]2C(=O)N(c4cccc(Cl)c4)C(=O)[C@@]2(c2ccccc2)[C@H]3c2ccc(O)c(OC)c2)C1=O.